The van der Waals surface area contributed by atoms with Crippen LogP contribution in [0.2, 0.25) is 0 Å². The molecule has 8 aromatic rings. The summed E-state index contributed by atoms with van der Waals surface area (Å²) in [7, 11) is 0. The quantitative estimate of drug-likeness (QED) is 0.0637. The van der Waals surface area contributed by atoms with Crippen LogP contribution in [0.1, 0.15) is 81.5 Å². The normalized spacial score (nSPS) is 25.5. The fraction of sp³-hybridized carbons (Fsp3) is 0.449. The Morgan fingerprint density at radius 3 is 2.53 bits per heavy atom. The molecule has 1 aromatic carbocycles. The minimum atomic E-state index is -1.60. The van der Waals surface area contributed by atoms with E-state index in [-0.39, 0.29) is 30.5 Å². The fourth-order valence-corrected chi connectivity index (χ4v) is 11.1. The molecule has 4 aliphatic carbocycles. The van der Waals surface area contributed by atoms with Crippen LogP contribution in [0.4, 0.5) is 41.8 Å². The highest BCUT2D eigenvalue weighted by molar-refractivity contribution is 5.93. The number of likely N-dealkylation sites (tertiary alicyclic amines) is 1. The van der Waals surface area contributed by atoms with Gasteiger partial charge in [-0.15, -0.1) is 0 Å². The van der Waals surface area contributed by atoms with Crippen molar-refractivity contribution in [1.29, 1.82) is 0 Å². The molecule has 7 aromatic heterocycles. The summed E-state index contributed by atoms with van der Waals surface area (Å²) in [6, 6.07) is 11.5. The van der Waals surface area contributed by atoms with E-state index in [2.05, 4.69) is 79.5 Å². The van der Waals surface area contributed by atoms with Crippen LogP contribution in [-0.4, -0.2) is 127 Å². The highest BCUT2D eigenvalue weighted by Crippen LogP contribution is 2.57. The van der Waals surface area contributed by atoms with Gasteiger partial charge < -0.3 is 30.2 Å². The summed E-state index contributed by atoms with van der Waals surface area (Å²) in [4.78, 5) is 36.5. The average molecular weight is 999 g/mol. The number of carbonyl (C=O) groups excluding carboxylic acids is 2. The van der Waals surface area contributed by atoms with Crippen molar-refractivity contribution in [3.8, 4) is 11.1 Å². The molecule has 0 radical (unpaired) electrons. The van der Waals surface area contributed by atoms with E-state index in [1.54, 1.807) is 49.2 Å². The molecule has 24 heteroatoms. The summed E-state index contributed by atoms with van der Waals surface area (Å²) in [5, 5.41) is 37.5. The number of alkyl carbamates (subject to hydrolysis) is 2. The van der Waals surface area contributed by atoms with Gasteiger partial charge in [0, 0.05) is 70.9 Å². The summed E-state index contributed by atoms with van der Waals surface area (Å²) in [5.41, 5.74) is 6.33. The number of aromatic nitrogens is 12. The van der Waals surface area contributed by atoms with Crippen molar-refractivity contribution in [3.05, 3.63) is 90.7 Å². The van der Waals surface area contributed by atoms with Crippen molar-refractivity contribution in [1.82, 2.24) is 69.7 Å². The lowest BCUT2D eigenvalue weighted by Crippen LogP contribution is -2.68. The van der Waals surface area contributed by atoms with Gasteiger partial charge in [-0.1, -0.05) is 6.07 Å². The predicted octanol–water partition coefficient (Wildman–Crippen LogP) is 6.10. The van der Waals surface area contributed by atoms with E-state index >= 15 is 8.78 Å². The van der Waals surface area contributed by atoms with Crippen molar-refractivity contribution >= 4 is 57.7 Å². The first-order chi connectivity index (χ1) is 35.5. The van der Waals surface area contributed by atoms with Crippen molar-refractivity contribution in [2.24, 2.45) is 5.92 Å². The average Bonchev–Trinajstić information content (AvgIpc) is 4.21. The number of alkyl halides is 2. The van der Waals surface area contributed by atoms with Crippen molar-refractivity contribution in [3.63, 3.8) is 0 Å². The van der Waals surface area contributed by atoms with E-state index in [0.29, 0.717) is 53.6 Å². The van der Waals surface area contributed by atoms with Crippen LogP contribution in [0.5, 0.6) is 0 Å². The number of imidazole rings is 1. The Labute approximate surface area is 415 Å². The van der Waals surface area contributed by atoms with Crippen LogP contribution < -0.4 is 25.8 Å². The van der Waals surface area contributed by atoms with Gasteiger partial charge in [0.2, 0.25) is 0 Å². The molecule has 6 N–H and O–H groups in total. The third-order valence-electron chi connectivity index (χ3n) is 15.1. The zero-order valence-electron chi connectivity index (χ0n) is 40.0. The monoisotopic (exact) mass is 998 g/mol. The highest BCUT2D eigenvalue weighted by Gasteiger charge is 2.58. The molecule has 73 heavy (non-hydrogen) atoms. The smallest absolute Gasteiger partial charge is 0.407 e. The molecular weight excluding hydrogens is 945 g/mol. The maximum atomic E-state index is 15.5. The number of halogens is 2. The van der Waals surface area contributed by atoms with Crippen molar-refractivity contribution < 1.29 is 37.1 Å². The maximum absolute atomic E-state index is 15.5. The molecule has 2 amide bonds. The van der Waals surface area contributed by atoms with Gasteiger partial charge in [-0.05, 0) is 89.1 Å². The largest absolute Gasteiger partial charge is 0.443 e. The summed E-state index contributed by atoms with van der Waals surface area (Å²) >= 11 is 0. The number of H-pyrrole nitrogens is 2. The first kappa shape index (κ1) is 45.2. The SMILES string of the molecule is CC(C)NC(=O)O[C@H]1CO[C@@H](c2cc(Nc3nccn4ncc(-c5ccc6c(cnn6C[n+]6c(CN7CCC7)cn7c(Nc8cc([C@H]9C[C@@H](F)[C@@H](OC(=O)NC%10%11CC(C%10)C%11)C9)[nH]n8)nccc76)c5)c34)n[nH]2)[C@H]1F. The number of fused-ring (bicyclic) bond motifs is 3. The fourth-order valence-electron chi connectivity index (χ4n) is 11.1. The molecule has 2 bridgehead atoms. The predicted molar refractivity (Wildman–Crippen MR) is 259 cm³/mol. The van der Waals surface area contributed by atoms with Crippen LogP contribution in [0.3, 0.4) is 0 Å². The first-order valence-electron chi connectivity index (χ1n) is 24.9. The van der Waals surface area contributed by atoms with Gasteiger partial charge in [-0.25, -0.2) is 42.1 Å². The topological polar surface area (TPSA) is 240 Å². The van der Waals surface area contributed by atoms with Gasteiger partial charge in [-0.2, -0.15) is 24.8 Å². The molecule has 22 nitrogen and oxygen atoms in total. The van der Waals surface area contributed by atoms with Crippen molar-refractivity contribution in [2.45, 2.75) is 114 Å². The number of amides is 2. The second kappa shape index (κ2) is 17.8. The van der Waals surface area contributed by atoms with Gasteiger partial charge in [0.1, 0.15) is 30.1 Å². The Morgan fingerprint density at radius 1 is 0.932 bits per heavy atom. The molecule has 6 fully saturated rings. The molecule has 9 heterocycles. The lowest BCUT2D eigenvalue weighted by Gasteiger charge is -2.61. The van der Waals surface area contributed by atoms with Crippen LogP contribution in [-0.2, 0) is 27.4 Å². The Morgan fingerprint density at radius 2 is 1.74 bits per heavy atom. The molecule has 6 atom stereocenters. The van der Waals surface area contributed by atoms with Crippen LogP contribution >= 0.6 is 0 Å². The second-order valence-corrected chi connectivity index (χ2v) is 20.5. The van der Waals surface area contributed by atoms with Gasteiger partial charge in [-0.3, -0.25) is 20.4 Å². The first-order valence-corrected chi connectivity index (χ1v) is 24.9. The number of anilines is 4. The van der Waals surface area contributed by atoms with Crippen LogP contribution in [0, 0.1) is 5.92 Å². The molecule has 14 rings (SSSR count). The van der Waals surface area contributed by atoms with Gasteiger partial charge in [0.05, 0.1) is 36.8 Å². The van der Waals surface area contributed by atoms with Crippen LogP contribution in [0.15, 0.2) is 73.6 Å². The maximum Gasteiger partial charge on any atom is 0.407 e. The molecule has 0 spiro atoms. The number of hydrogen-bond acceptors (Lipinski definition) is 14. The Bertz CT molecular complexity index is 3380. The van der Waals surface area contributed by atoms with Crippen molar-refractivity contribution in [2.75, 3.05) is 30.3 Å². The zero-order chi connectivity index (χ0) is 49.5. The zero-order valence-corrected chi connectivity index (χ0v) is 40.0. The minimum Gasteiger partial charge on any atom is -0.443 e. The van der Waals surface area contributed by atoms with Gasteiger partial charge in [0.15, 0.2) is 42.1 Å². The van der Waals surface area contributed by atoms with E-state index in [1.807, 2.05) is 33.5 Å². The second-order valence-electron chi connectivity index (χ2n) is 20.5. The van der Waals surface area contributed by atoms with E-state index in [0.717, 1.165) is 84.4 Å². The van der Waals surface area contributed by atoms with E-state index < -0.39 is 42.8 Å². The number of benzene rings is 1. The summed E-state index contributed by atoms with van der Waals surface area (Å²) in [6.07, 6.45) is 8.65. The molecular formula is C49H54F2N17O5+. The minimum absolute atomic E-state index is 0.0919. The Kier molecular flexibility index (Phi) is 11.0. The summed E-state index contributed by atoms with van der Waals surface area (Å²) in [6.45, 7) is 6.68. The lowest BCUT2D eigenvalue weighted by molar-refractivity contribution is -0.684. The molecule has 0 unspecified atom stereocenters. The van der Waals surface area contributed by atoms with Gasteiger partial charge >= 0.3 is 18.1 Å². The standard InChI is InChI=1S/C49H53F2N17O5/c1-26(2)56-47(69)73-38-24-71-44(42(38)51)35-16-39(62-61-35)57-45-43-32(21-55-67(43)11-8-52-45)28-4-5-36-30(12-28)20-54-68(36)25-66-31(22-64-9-3-10-64)23-65-41(66)6-7-53-46(65)58-40-15-34(60-63-40)29-13-33(50)37(14-29)72-48(70)59-49-17-27(18-49)19-49/h4-8,11-12,15-16,20-21,23,26-27,29,33,37-38,42,44H,3,9-10,13-14,17-19,22,24-25H2,1-2H3,(H5,52,55,56,57,59,60,61,62,63,69,70)/p+1/t27?,29-,33+,37-,38-,42-,44-,49?/m0/s1. The molecule has 2 saturated heterocycles. The number of nitrogens with zero attached hydrogens (tertiary/aromatic N) is 11. The summed E-state index contributed by atoms with van der Waals surface area (Å²) < 4.78 is 55.2. The lowest BCUT2D eigenvalue weighted by atomic mass is 9.50. The third kappa shape index (κ3) is 8.40. The van der Waals surface area contributed by atoms with E-state index in [4.69, 9.17) is 24.3 Å². The van der Waals surface area contributed by atoms with Gasteiger partial charge in [0.25, 0.3) is 5.65 Å². The molecule has 4 saturated carbocycles. The Balaban J connectivity index is 0.717. The number of ether oxygens (including phenoxy) is 3. The van der Waals surface area contributed by atoms with E-state index in [1.165, 1.54) is 0 Å². The number of carbonyl (C=O) groups is 2. The Hall–Kier alpha value is -7.73. The number of rotatable bonds is 15. The summed E-state index contributed by atoms with van der Waals surface area (Å²) in [5.74, 6) is 2.49. The molecule has 6 aliphatic rings. The molecule has 2 aliphatic heterocycles. The van der Waals surface area contributed by atoms with E-state index in [9.17, 15) is 9.59 Å². The van der Waals surface area contributed by atoms with Crippen LogP contribution in [0.25, 0.3) is 33.2 Å². The number of nitrogens with one attached hydrogen (secondary N) is 6. The number of hydrogen-bond donors (Lipinski definition) is 6. The molecule has 378 valence electrons. The number of aromatic amines is 2. The third-order valence-corrected chi connectivity index (χ3v) is 15.1. The highest BCUT2D eigenvalue weighted by atomic mass is 19.1.